The van der Waals surface area contributed by atoms with Gasteiger partial charge in [0.25, 0.3) is 0 Å². The number of amides is 1. The summed E-state index contributed by atoms with van der Waals surface area (Å²) in [5.74, 6) is -2.05. The number of rotatable bonds is 7. The van der Waals surface area contributed by atoms with Crippen molar-refractivity contribution in [1.82, 2.24) is 5.32 Å². The van der Waals surface area contributed by atoms with E-state index < -0.39 is 35.7 Å². The molecule has 0 aliphatic heterocycles. The van der Waals surface area contributed by atoms with Crippen molar-refractivity contribution in [2.24, 2.45) is 5.73 Å². The minimum atomic E-state index is -1.09. The van der Waals surface area contributed by atoms with Gasteiger partial charge in [-0.25, -0.2) is 9.59 Å². The van der Waals surface area contributed by atoms with E-state index in [1.807, 2.05) is 48.5 Å². The Balaban J connectivity index is 0.000000416. The first-order valence-corrected chi connectivity index (χ1v) is 13.1. The minimum Gasteiger partial charge on any atom is -0.480 e. The molecule has 0 unspecified atom stereocenters. The Morgan fingerprint density at radius 2 is 1.10 bits per heavy atom. The number of hydrogen-bond donors (Lipinski definition) is 4. The van der Waals surface area contributed by atoms with Crippen LogP contribution in [0.5, 0.6) is 0 Å². The summed E-state index contributed by atoms with van der Waals surface area (Å²) in [6, 6.07) is 13.9. The summed E-state index contributed by atoms with van der Waals surface area (Å²) in [4.78, 5) is 33.7. The summed E-state index contributed by atoms with van der Waals surface area (Å²) in [6.45, 7) is 18.0. The highest BCUT2D eigenvalue weighted by Gasteiger charge is 2.24. The molecule has 0 saturated heterocycles. The van der Waals surface area contributed by atoms with E-state index in [1.54, 1.807) is 20.8 Å². The van der Waals surface area contributed by atoms with Crippen LogP contribution in [0.1, 0.15) is 84.6 Å². The van der Waals surface area contributed by atoms with Gasteiger partial charge in [-0.1, -0.05) is 90.1 Å². The van der Waals surface area contributed by atoms with Gasteiger partial charge >= 0.3 is 18.0 Å². The molecule has 216 valence electrons. The molecular formula is C31H46N2O6. The topological polar surface area (TPSA) is 139 Å². The number of carboxylic acids is 2. The monoisotopic (exact) mass is 542 g/mol. The predicted molar refractivity (Wildman–Crippen MR) is 154 cm³/mol. The van der Waals surface area contributed by atoms with E-state index in [4.69, 9.17) is 15.6 Å². The van der Waals surface area contributed by atoms with Crippen molar-refractivity contribution < 1.29 is 29.3 Å². The largest absolute Gasteiger partial charge is 0.480 e. The fourth-order valence-electron chi connectivity index (χ4n) is 3.51. The standard InChI is InChI=1S/C18H27NO4.C13H19NO2/c1-17(2,3)13-9-7-12(8-10-13)11-14(15(20)21)19-16(22)23-18(4,5)6;1-13(2,3)10-6-4-9(5-7-10)8-11(14)12(15)16/h7-10,14H,11H2,1-6H3,(H,19,22)(H,20,21);4-7,11H,8,14H2,1-3H3,(H,15,16)/t14-;11-/m00/s1. The summed E-state index contributed by atoms with van der Waals surface area (Å²) in [7, 11) is 0. The second kappa shape index (κ2) is 13.6. The molecule has 2 rings (SSSR count). The number of carbonyl (C=O) groups excluding carboxylic acids is 1. The third kappa shape index (κ3) is 12.8. The van der Waals surface area contributed by atoms with Crippen LogP contribution in [0.3, 0.4) is 0 Å². The van der Waals surface area contributed by atoms with Crippen LogP contribution in [0, 0.1) is 0 Å². The van der Waals surface area contributed by atoms with Crippen LogP contribution < -0.4 is 11.1 Å². The second-order valence-electron chi connectivity index (χ2n) is 12.8. The zero-order valence-corrected chi connectivity index (χ0v) is 24.8. The smallest absolute Gasteiger partial charge is 0.408 e. The molecule has 0 spiro atoms. The molecule has 0 saturated carbocycles. The number of aliphatic carboxylic acids is 2. The Morgan fingerprint density at radius 1 is 0.718 bits per heavy atom. The number of ether oxygens (including phenoxy) is 1. The molecular weight excluding hydrogens is 496 g/mol. The number of hydrogen-bond acceptors (Lipinski definition) is 5. The fourth-order valence-corrected chi connectivity index (χ4v) is 3.51. The number of benzene rings is 2. The lowest BCUT2D eigenvalue weighted by Gasteiger charge is -2.22. The van der Waals surface area contributed by atoms with Crippen LogP contribution in [-0.2, 0) is 38.0 Å². The van der Waals surface area contributed by atoms with Crippen LogP contribution in [0.25, 0.3) is 0 Å². The molecule has 0 radical (unpaired) electrons. The molecule has 39 heavy (non-hydrogen) atoms. The Kier molecular flexibility index (Phi) is 11.7. The van der Waals surface area contributed by atoms with Crippen molar-refractivity contribution in [1.29, 1.82) is 0 Å². The van der Waals surface area contributed by atoms with Crippen LogP contribution in [0.15, 0.2) is 48.5 Å². The maximum Gasteiger partial charge on any atom is 0.408 e. The van der Waals surface area contributed by atoms with E-state index in [2.05, 4.69) is 46.9 Å². The number of carboxylic acid groups (broad SMARTS) is 2. The molecule has 0 bridgehead atoms. The molecule has 0 heterocycles. The van der Waals surface area contributed by atoms with Crippen LogP contribution in [0.4, 0.5) is 4.79 Å². The Labute approximate surface area is 233 Å². The molecule has 2 atom stereocenters. The van der Waals surface area contributed by atoms with Gasteiger partial charge in [0.05, 0.1) is 0 Å². The van der Waals surface area contributed by atoms with E-state index >= 15 is 0 Å². The summed E-state index contributed by atoms with van der Waals surface area (Å²) >= 11 is 0. The quantitative estimate of drug-likeness (QED) is 0.365. The third-order valence-electron chi connectivity index (χ3n) is 5.84. The van der Waals surface area contributed by atoms with Crippen molar-refractivity contribution in [2.75, 3.05) is 0 Å². The molecule has 2 aromatic rings. The zero-order valence-electron chi connectivity index (χ0n) is 24.8. The van der Waals surface area contributed by atoms with Crippen molar-refractivity contribution in [3.63, 3.8) is 0 Å². The third-order valence-corrected chi connectivity index (χ3v) is 5.84. The molecule has 1 amide bonds. The van der Waals surface area contributed by atoms with Gasteiger partial charge in [-0.2, -0.15) is 0 Å². The van der Waals surface area contributed by atoms with Gasteiger partial charge in [-0.15, -0.1) is 0 Å². The molecule has 0 aromatic heterocycles. The summed E-state index contributed by atoms with van der Waals surface area (Å²) in [5.41, 5.74) is 9.19. The molecule has 5 N–H and O–H groups in total. The van der Waals surface area contributed by atoms with E-state index in [0.717, 1.165) is 11.1 Å². The SMILES string of the molecule is CC(C)(C)OC(=O)N[C@@H](Cc1ccc(C(C)(C)C)cc1)C(=O)O.CC(C)(C)c1ccc(C[C@H](N)C(=O)O)cc1. The molecule has 0 fully saturated rings. The number of nitrogens with one attached hydrogen (secondary N) is 1. The van der Waals surface area contributed by atoms with Gasteiger partial charge in [0.1, 0.15) is 17.7 Å². The van der Waals surface area contributed by atoms with Crippen molar-refractivity contribution in [3.05, 3.63) is 70.8 Å². The van der Waals surface area contributed by atoms with Crippen molar-refractivity contribution in [3.8, 4) is 0 Å². The van der Waals surface area contributed by atoms with Crippen LogP contribution in [0.2, 0.25) is 0 Å². The lowest BCUT2D eigenvalue weighted by atomic mass is 9.86. The average molecular weight is 543 g/mol. The van der Waals surface area contributed by atoms with Crippen LogP contribution >= 0.6 is 0 Å². The first-order chi connectivity index (χ1) is 17.7. The van der Waals surface area contributed by atoms with E-state index in [1.165, 1.54) is 11.1 Å². The van der Waals surface area contributed by atoms with Crippen molar-refractivity contribution in [2.45, 2.75) is 104 Å². The first kappa shape index (κ1) is 33.6. The van der Waals surface area contributed by atoms with E-state index in [9.17, 15) is 19.5 Å². The summed E-state index contributed by atoms with van der Waals surface area (Å²) in [6.07, 6.45) is -0.144. The van der Waals surface area contributed by atoms with Gasteiger partial charge in [-0.05, 0) is 60.3 Å². The maximum absolute atomic E-state index is 11.8. The lowest BCUT2D eigenvalue weighted by molar-refractivity contribution is -0.140. The highest BCUT2D eigenvalue weighted by atomic mass is 16.6. The number of alkyl carbamates (subject to hydrolysis) is 1. The highest BCUT2D eigenvalue weighted by molar-refractivity contribution is 5.80. The van der Waals surface area contributed by atoms with Gasteiger partial charge in [0.15, 0.2) is 0 Å². The van der Waals surface area contributed by atoms with Gasteiger partial charge in [-0.3, -0.25) is 4.79 Å². The molecule has 0 aliphatic carbocycles. The zero-order chi connectivity index (χ0) is 30.2. The van der Waals surface area contributed by atoms with Gasteiger partial charge in [0, 0.05) is 6.42 Å². The fraction of sp³-hybridized carbons (Fsp3) is 0.516. The van der Waals surface area contributed by atoms with Crippen LogP contribution in [-0.4, -0.2) is 45.9 Å². The molecule has 0 aliphatic rings. The molecule has 8 heteroatoms. The normalized spacial score (nSPS) is 13.4. The van der Waals surface area contributed by atoms with Gasteiger partial charge < -0.3 is 26.0 Å². The Hall–Kier alpha value is -3.39. The first-order valence-electron chi connectivity index (χ1n) is 13.1. The summed E-state index contributed by atoms with van der Waals surface area (Å²) in [5, 5.41) is 20.4. The Morgan fingerprint density at radius 3 is 1.41 bits per heavy atom. The lowest BCUT2D eigenvalue weighted by Crippen LogP contribution is -2.44. The maximum atomic E-state index is 11.8. The Bertz CT molecular complexity index is 1090. The summed E-state index contributed by atoms with van der Waals surface area (Å²) < 4.78 is 5.11. The second-order valence-corrected chi connectivity index (χ2v) is 12.8. The predicted octanol–water partition coefficient (Wildman–Crippen LogP) is 5.44. The number of nitrogens with two attached hydrogens (primary N) is 1. The molecule has 2 aromatic carbocycles. The van der Waals surface area contributed by atoms with Gasteiger partial charge in [0.2, 0.25) is 0 Å². The van der Waals surface area contributed by atoms with E-state index in [0.29, 0.717) is 6.42 Å². The number of carbonyl (C=O) groups is 3. The minimum absolute atomic E-state index is 0.0412. The van der Waals surface area contributed by atoms with Crippen molar-refractivity contribution >= 4 is 18.0 Å². The average Bonchev–Trinajstić information content (AvgIpc) is 2.77. The van der Waals surface area contributed by atoms with E-state index in [-0.39, 0.29) is 17.3 Å². The molecule has 8 nitrogen and oxygen atoms in total. The highest BCUT2D eigenvalue weighted by Crippen LogP contribution is 2.23.